The fraction of sp³-hybridized carbons (Fsp3) is 0.0588. The minimum absolute atomic E-state index is 0.179. The van der Waals surface area contributed by atoms with Gasteiger partial charge in [0, 0.05) is 22.6 Å². The zero-order valence-electron chi connectivity index (χ0n) is 12.7. The summed E-state index contributed by atoms with van der Waals surface area (Å²) in [4.78, 5) is 8.25. The number of aromatic nitrogens is 2. The summed E-state index contributed by atoms with van der Waals surface area (Å²) >= 11 is 5.83. The average molecular weight is 365 g/mol. The molecule has 3 aromatic rings. The van der Waals surface area contributed by atoms with E-state index in [1.54, 1.807) is 30.3 Å². The summed E-state index contributed by atoms with van der Waals surface area (Å²) in [7, 11) is 0. The van der Waals surface area contributed by atoms with Gasteiger partial charge < -0.3 is 10.6 Å². The van der Waals surface area contributed by atoms with Crippen molar-refractivity contribution in [1.29, 1.82) is 0 Å². The SMILES string of the molecule is FC(F)(F)c1cccc(Nc2nccc(Nc3ccc(Cl)cc3)n2)c1. The molecule has 0 saturated carbocycles. The molecule has 0 saturated heterocycles. The number of nitrogens with one attached hydrogen (secondary N) is 2. The standard InChI is InChI=1S/C17H12ClF3N4/c18-12-4-6-13(7-5-12)23-15-8-9-22-16(25-15)24-14-3-1-2-11(10-14)17(19,20)21/h1-10H,(H2,22,23,24,25). The summed E-state index contributed by atoms with van der Waals surface area (Å²) in [5.74, 6) is 0.671. The molecule has 8 heteroatoms. The second-order valence-corrected chi connectivity index (χ2v) is 5.54. The van der Waals surface area contributed by atoms with Gasteiger partial charge in [0.25, 0.3) is 0 Å². The molecule has 2 aromatic carbocycles. The third kappa shape index (κ3) is 4.60. The minimum atomic E-state index is -4.41. The van der Waals surface area contributed by atoms with Gasteiger partial charge in [-0.3, -0.25) is 0 Å². The van der Waals surface area contributed by atoms with Crippen LogP contribution in [0, 0.1) is 0 Å². The van der Waals surface area contributed by atoms with Crippen LogP contribution in [0.3, 0.4) is 0 Å². The topological polar surface area (TPSA) is 49.8 Å². The fourth-order valence-electron chi connectivity index (χ4n) is 2.07. The van der Waals surface area contributed by atoms with Crippen LogP contribution >= 0.6 is 11.6 Å². The van der Waals surface area contributed by atoms with Crippen molar-refractivity contribution >= 4 is 34.7 Å². The number of hydrogen-bond acceptors (Lipinski definition) is 4. The summed E-state index contributed by atoms with van der Waals surface area (Å²) in [5.41, 5.74) is 0.277. The molecule has 0 radical (unpaired) electrons. The summed E-state index contributed by atoms with van der Waals surface area (Å²) in [6, 6.07) is 13.5. The van der Waals surface area contributed by atoms with Crippen molar-refractivity contribution in [3.8, 4) is 0 Å². The maximum Gasteiger partial charge on any atom is 0.416 e. The third-order valence-corrected chi connectivity index (χ3v) is 3.47. The van der Waals surface area contributed by atoms with E-state index in [9.17, 15) is 13.2 Å². The zero-order valence-corrected chi connectivity index (χ0v) is 13.4. The van der Waals surface area contributed by atoms with E-state index in [1.165, 1.54) is 18.3 Å². The first-order valence-corrected chi connectivity index (χ1v) is 7.58. The molecule has 0 bridgehead atoms. The maximum atomic E-state index is 12.8. The Kier molecular flexibility index (Phi) is 4.76. The number of benzene rings is 2. The lowest BCUT2D eigenvalue weighted by Crippen LogP contribution is -2.06. The van der Waals surface area contributed by atoms with Crippen LogP contribution in [0.1, 0.15) is 5.56 Å². The van der Waals surface area contributed by atoms with Gasteiger partial charge in [-0.1, -0.05) is 17.7 Å². The molecule has 3 rings (SSSR count). The molecule has 0 fully saturated rings. The fourth-order valence-corrected chi connectivity index (χ4v) is 2.20. The lowest BCUT2D eigenvalue weighted by molar-refractivity contribution is -0.137. The van der Waals surface area contributed by atoms with Crippen molar-refractivity contribution in [2.75, 3.05) is 10.6 Å². The predicted molar refractivity (Wildman–Crippen MR) is 91.5 cm³/mol. The first-order valence-electron chi connectivity index (χ1n) is 7.20. The molecule has 25 heavy (non-hydrogen) atoms. The Morgan fingerprint density at radius 1 is 0.880 bits per heavy atom. The number of alkyl halides is 3. The van der Waals surface area contributed by atoms with Crippen molar-refractivity contribution in [3.63, 3.8) is 0 Å². The molecule has 0 aliphatic rings. The Hall–Kier alpha value is -2.80. The van der Waals surface area contributed by atoms with Gasteiger partial charge in [0.2, 0.25) is 5.95 Å². The Bertz CT molecular complexity index is 866. The highest BCUT2D eigenvalue weighted by Crippen LogP contribution is 2.31. The van der Waals surface area contributed by atoms with Crippen molar-refractivity contribution in [3.05, 3.63) is 71.4 Å². The van der Waals surface area contributed by atoms with Gasteiger partial charge in [0.1, 0.15) is 5.82 Å². The van der Waals surface area contributed by atoms with Crippen LogP contribution in [0.2, 0.25) is 5.02 Å². The number of hydrogen-bond donors (Lipinski definition) is 2. The molecule has 0 amide bonds. The monoisotopic (exact) mass is 364 g/mol. The van der Waals surface area contributed by atoms with Crippen LogP contribution in [0.4, 0.5) is 36.3 Å². The molecule has 4 nitrogen and oxygen atoms in total. The number of halogens is 4. The molecule has 2 N–H and O–H groups in total. The maximum absolute atomic E-state index is 12.8. The first-order chi connectivity index (χ1) is 11.9. The minimum Gasteiger partial charge on any atom is -0.340 e. The van der Waals surface area contributed by atoms with E-state index < -0.39 is 11.7 Å². The lowest BCUT2D eigenvalue weighted by atomic mass is 10.2. The van der Waals surface area contributed by atoms with Crippen molar-refractivity contribution in [2.45, 2.75) is 6.18 Å². The Morgan fingerprint density at radius 3 is 2.36 bits per heavy atom. The van der Waals surface area contributed by atoms with E-state index in [-0.39, 0.29) is 11.6 Å². The van der Waals surface area contributed by atoms with Gasteiger partial charge in [-0.25, -0.2) is 4.98 Å². The van der Waals surface area contributed by atoms with Gasteiger partial charge in [0.15, 0.2) is 0 Å². The normalized spacial score (nSPS) is 11.2. The number of anilines is 4. The van der Waals surface area contributed by atoms with Crippen molar-refractivity contribution < 1.29 is 13.2 Å². The number of rotatable bonds is 4. The van der Waals surface area contributed by atoms with Crippen LogP contribution in [0.15, 0.2) is 60.8 Å². The van der Waals surface area contributed by atoms with Crippen LogP contribution in [-0.2, 0) is 6.18 Å². The van der Waals surface area contributed by atoms with Crippen LogP contribution in [-0.4, -0.2) is 9.97 Å². The number of nitrogens with zero attached hydrogens (tertiary/aromatic N) is 2. The Labute approximate surface area is 146 Å². The molecule has 1 aromatic heterocycles. The van der Waals surface area contributed by atoms with Gasteiger partial charge in [-0.2, -0.15) is 18.2 Å². The van der Waals surface area contributed by atoms with E-state index in [1.807, 2.05) is 0 Å². The quantitative estimate of drug-likeness (QED) is 0.629. The Morgan fingerprint density at radius 2 is 1.64 bits per heavy atom. The molecule has 0 atom stereocenters. The summed E-state index contributed by atoms with van der Waals surface area (Å²) in [5, 5.41) is 6.44. The molecular formula is C17H12ClF3N4. The lowest BCUT2D eigenvalue weighted by Gasteiger charge is -2.11. The highest BCUT2D eigenvalue weighted by Gasteiger charge is 2.30. The van der Waals surface area contributed by atoms with E-state index in [0.717, 1.165) is 17.8 Å². The van der Waals surface area contributed by atoms with Crippen molar-refractivity contribution in [1.82, 2.24) is 9.97 Å². The molecular weight excluding hydrogens is 353 g/mol. The first kappa shape index (κ1) is 17.0. The molecule has 0 aliphatic heterocycles. The summed E-state index contributed by atoms with van der Waals surface area (Å²) in [6.45, 7) is 0. The average Bonchev–Trinajstić information content (AvgIpc) is 2.57. The molecule has 0 unspecified atom stereocenters. The van der Waals surface area contributed by atoms with Crippen LogP contribution < -0.4 is 10.6 Å². The summed E-state index contributed by atoms with van der Waals surface area (Å²) in [6.07, 6.45) is -2.91. The van der Waals surface area contributed by atoms with Crippen LogP contribution in [0.5, 0.6) is 0 Å². The van der Waals surface area contributed by atoms with E-state index in [4.69, 9.17) is 11.6 Å². The smallest absolute Gasteiger partial charge is 0.340 e. The Balaban J connectivity index is 1.77. The third-order valence-electron chi connectivity index (χ3n) is 3.22. The summed E-state index contributed by atoms with van der Waals surface area (Å²) < 4.78 is 38.3. The van der Waals surface area contributed by atoms with Gasteiger partial charge in [0.05, 0.1) is 5.56 Å². The van der Waals surface area contributed by atoms with Crippen molar-refractivity contribution in [2.24, 2.45) is 0 Å². The van der Waals surface area contributed by atoms with Crippen LogP contribution in [0.25, 0.3) is 0 Å². The van der Waals surface area contributed by atoms with Gasteiger partial charge >= 0.3 is 6.18 Å². The highest BCUT2D eigenvalue weighted by atomic mass is 35.5. The second kappa shape index (κ2) is 6.98. The largest absolute Gasteiger partial charge is 0.416 e. The predicted octanol–water partition coefficient (Wildman–Crippen LogP) is 5.64. The molecule has 0 spiro atoms. The van der Waals surface area contributed by atoms with Gasteiger partial charge in [-0.15, -0.1) is 0 Å². The van der Waals surface area contributed by atoms with E-state index in [2.05, 4.69) is 20.6 Å². The van der Waals surface area contributed by atoms with Gasteiger partial charge in [-0.05, 0) is 48.5 Å². The molecule has 0 aliphatic carbocycles. The molecule has 128 valence electrons. The second-order valence-electron chi connectivity index (χ2n) is 5.10. The highest BCUT2D eigenvalue weighted by molar-refractivity contribution is 6.30. The van der Waals surface area contributed by atoms with E-state index >= 15 is 0 Å². The van der Waals surface area contributed by atoms with E-state index in [0.29, 0.717) is 10.8 Å². The zero-order chi connectivity index (χ0) is 17.9. The molecule has 1 heterocycles.